The number of nitrogens with one attached hydrogen (secondary N) is 2. The zero-order valence-corrected chi connectivity index (χ0v) is 8.91. The minimum atomic E-state index is -0.306. The molecule has 0 aromatic heterocycles. The molecule has 3 amide bonds. The van der Waals surface area contributed by atoms with E-state index in [0.29, 0.717) is 32.8 Å². The number of carbonyl (C=O) groups excluding carboxylic acids is 2. The first-order chi connectivity index (χ1) is 7.24. The molecule has 86 valence electrons. The Labute approximate surface area is 88.9 Å². The van der Waals surface area contributed by atoms with Gasteiger partial charge >= 0.3 is 6.03 Å². The van der Waals surface area contributed by atoms with Crippen LogP contribution in [-0.2, 0) is 9.53 Å². The minimum absolute atomic E-state index is 0.0475. The van der Waals surface area contributed by atoms with Crippen LogP contribution in [-0.4, -0.2) is 56.2 Å². The third-order valence-corrected chi connectivity index (χ3v) is 2.10. The van der Waals surface area contributed by atoms with Gasteiger partial charge in [-0.1, -0.05) is 0 Å². The highest BCUT2D eigenvalue weighted by Gasteiger charge is 2.16. The van der Waals surface area contributed by atoms with Crippen LogP contribution in [0.2, 0.25) is 0 Å². The fourth-order valence-corrected chi connectivity index (χ4v) is 1.30. The van der Waals surface area contributed by atoms with Gasteiger partial charge in [-0.05, 0) is 6.92 Å². The molecule has 2 N–H and O–H groups in total. The molecule has 1 fully saturated rings. The predicted octanol–water partition coefficient (Wildman–Crippen LogP) is -0.836. The molecular weight excluding hydrogens is 198 g/mol. The number of amides is 3. The second kappa shape index (κ2) is 6.23. The van der Waals surface area contributed by atoms with Crippen LogP contribution in [0.25, 0.3) is 0 Å². The number of hydrogen-bond donors (Lipinski definition) is 2. The van der Waals surface area contributed by atoms with E-state index >= 15 is 0 Å². The second-order valence-corrected chi connectivity index (χ2v) is 3.21. The zero-order chi connectivity index (χ0) is 11.1. The molecular formula is C9H17N3O3. The molecule has 15 heavy (non-hydrogen) atoms. The van der Waals surface area contributed by atoms with Crippen molar-refractivity contribution in [1.82, 2.24) is 15.5 Å². The summed E-state index contributed by atoms with van der Waals surface area (Å²) in [6.45, 7) is 4.79. The van der Waals surface area contributed by atoms with Gasteiger partial charge < -0.3 is 20.3 Å². The van der Waals surface area contributed by atoms with E-state index in [9.17, 15) is 9.59 Å². The average Bonchev–Trinajstić information content (AvgIpc) is 2.27. The lowest BCUT2D eigenvalue weighted by molar-refractivity contribution is -0.134. The smallest absolute Gasteiger partial charge is 0.315 e. The first kappa shape index (κ1) is 11.8. The number of ether oxygens (including phenoxy) is 1. The molecule has 0 saturated carbocycles. The lowest BCUT2D eigenvalue weighted by Crippen LogP contribution is -2.47. The summed E-state index contributed by atoms with van der Waals surface area (Å²) in [6, 6.07) is -0.306. The molecule has 0 atom stereocenters. The van der Waals surface area contributed by atoms with Crippen LogP contribution in [0.15, 0.2) is 0 Å². The molecule has 0 radical (unpaired) electrons. The van der Waals surface area contributed by atoms with Gasteiger partial charge in [0.25, 0.3) is 0 Å². The van der Waals surface area contributed by atoms with Crippen molar-refractivity contribution in [3.8, 4) is 0 Å². The molecule has 1 aliphatic heterocycles. The maximum Gasteiger partial charge on any atom is 0.315 e. The second-order valence-electron chi connectivity index (χ2n) is 3.21. The highest BCUT2D eigenvalue weighted by Crippen LogP contribution is 1.96. The minimum Gasteiger partial charge on any atom is -0.378 e. The van der Waals surface area contributed by atoms with E-state index in [-0.39, 0.29) is 18.5 Å². The monoisotopic (exact) mass is 215 g/mol. The van der Waals surface area contributed by atoms with Crippen molar-refractivity contribution >= 4 is 11.9 Å². The molecule has 6 nitrogen and oxygen atoms in total. The van der Waals surface area contributed by atoms with E-state index in [4.69, 9.17) is 4.74 Å². The molecule has 0 aromatic carbocycles. The Hall–Kier alpha value is -1.30. The lowest BCUT2D eigenvalue weighted by atomic mass is 10.4. The maximum absolute atomic E-state index is 11.5. The van der Waals surface area contributed by atoms with Gasteiger partial charge in [0.1, 0.15) is 0 Å². The van der Waals surface area contributed by atoms with Crippen molar-refractivity contribution < 1.29 is 14.3 Å². The first-order valence-corrected chi connectivity index (χ1v) is 5.11. The Balaban J connectivity index is 2.19. The predicted molar refractivity (Wildman–Crippen MR) is 54.5 cm³/mol. The molecule has 0 spiro atoms. The lowest BCUT2D eigenvalue weighted by Gasteiger charge is -2.26. The SMILES string of the molecule is CCNC(=O)NCC(=O)N1CCOCC1. The highest BCUT2D eigenvalue weighted by atomic mass is 16.5. The van der Waals surface area contributed by atoms with Crippen LogP contribution < -0.4 is 10.6 Å². The van der Waals surface area contributed by atoms with Crippen LogP contribution in [0.3, 0.4) is 0 Å². The largest absolute Gasteiger partial charge is 0.378 e. The summed E-state index contributed by atoms with van der Waals surface area (Å²) in [6.07, 6.45) is 0. The van der Waals surface area contributed by atoms with Crippen molar-refractivity contribution in [2.75, 3.05) is 39.4 Å². The number of carbonyl (C=O) groups is 2. The van der Waals surface area contributed by atoms with E-state index in [0.717, 1.165) is 0 Å². The normalized spacial score (nSPS) is 15.9. The molecule has 1 heterocycles. The molecule has 0 unspecified atom stereocenters. The van der Waals surface area contributed by atoms with Crippen molar-refractivity contribution in [1.29, 1.82) is 0 Å². The van der Waals surface area contributed by atoms with Gasteiger partial charge in [0.2, 0.25) is 5.91 Å². The third-order valence-electron chi connectivity index (χ3n) is 2.10. The zero-order valence-electron chi connectivity index (χ0n) is 8.91. The van der Waals surface area contributed by atoms with Gasteiger partial charge in [0.05, 0.1) is 19.8 Å². The Kier molecular flexibility index (Phi) is 4.89. The van der Waals surface area contributed by atoms with Crippen molar-refractivity contribution in [2.45, 2.75) is 6.92 Å². The molecule has 0 aliphatic carbocycles. The van der Waals surface area contributed by atoms with E-state index in [2.05, 4.69) is 10.6 Å². The van der Waals surface area contributed by atoms with Gasteiger partial charge in [0.15, 0.2) is 0 Å². The molecule has 0 bridgehead atoms. The van der Waals surface area contributed by atoms with Crippen LogP contribution in [0, 0.1) is 0 Å². The standard InChI is InChI=1S/C9H17N3O3/c1-2-10-9(14)11-7-8(13)12-3-5-15-6-4-12/h2-7H2,1H3,(H2,10,11,14). The fourth-order valence-electron chi connectivity index (χ4n) is 1.30. The van der Waals surface area contributed by atoms with Gasteiger partial charge in [-0.2, -0.15) is 0 Å². The number of rotatable bonds is 3. The maximum atomic E-state index is 11.5. The van der Waals surface area contributed by atoms with E-state index < -0.39 is 0 Å². The Morgan fingerprint density at radius 3 is 2.53 bits per heavy atom. The summed E-state index contributed by atoms with van der Waals surface area (Å²) in [7, 11) is 0. The third kappa shape index (κ3) is 4.16. The molecule has 0 aromatic rings. The molecule has 1 aliphatic rings. The van der Waals surface area contributed by atoms with Crippen molar-refractivity contribution in [3.05, 3.63) is 0 Å². The van der Waals surface area contributed by atoms with E-state index in [1.54, 1.807) is 4.90 Å². The number of nitrogens with zero attached hydrogens (tertiary/aromatic N) is 1. The number of hydrogen-bond acceptors (Lipinski definition) is 3. The van der Waals surface area contributed by atoms with E-state index in [1.165, 1.54) is 0 Å². The Morgan fingerprint density at radius 1 is 1.27 bits per heavy atom. The van der Waals surface area contributed by atoms with Crippen LogP contribution in [0.5, 0.6) is 0 Å². The van der Waals surface area contributed by atoms with Crippen LogP contribution in [0.1, 0.15) is 6.92 Å². The Bertz CT molecular complexity index is 227. The van der Waals surface area contributed by atoms with Crippen molar-refractivity contribution in [3.63, 3.8) is 0 Å². The summed E-state index contributed by atoms with van der Waals surface area (Å²) in [5.41, 5.74) is 0. The van der Waals surface area contributed by atoms with Crippen molar-refractivity contribution in [2.24, 2.45) is 0 Å². The van der Waals surface area contributed by atoms with Gasteiger partial charge in [-0.25, -0.2) is 4.79 Å². The van der Waals surface area contributed by atoms with Gasteiger partial charge in [-0.15, -0.1) is 0 Å². The summed E-state index contributed by atoms with van der Waals surface area (Å²) >= 11 is 0. The summed E-state index contributed by atoms with van der Waals surface area (Å²) < 4.78 is 5.12. The summed E-state index contributed by atoms with van der Waals surface area (Å²) in [5.74, 6) is -0.0652. The summed E-state index contributed by atoms with van der Waals surface area (Å²) in [5, 5.41) is 5.06. The molecule has 1 rings (SSSR count). The highest BCUT2D eigenvalue weighted by molar-refractivity contribution is 5.83. The quantitative estimate of drug-likeness (QED) is 0.645. The van der Waals surface area contributed by atoms with Gasteiger partial charge in [0, 0.05) is 19.6 Å². The number of morpholine rings is 1. The topological polar surface area (TPSA) is 70.7 Å². The molecule has 1 saturated heterocycles. The van der Waals surface area contributed by atoms with Gasteiger partial charge in [-0.3, -0.25) is 4.79 Å². The summed E-state index contributed by atoms with van der Waals surface area (Å²) in [4.78, 5) is 24.2. The Morgan fingerprint density at radius 2 is 1.93 bits per heavy atom. The first-order valence-electron chi connectivity index (χ1n) is 5.11. The average molecular weight is 215 g/mol. The molecule has 6 heteroatoms. The van der Waals surface area contributed by atoms with Crippen LogP contribution >= 0.6 is 0 Å². The number of urea groups is 1. The van der Waals surface area contributed by atoms with Crippen LogP contribution in [0.4, 0.5) is 4.79 Å². The fraction of sp³-hybridized carbons (Fsp3) is 0.778. The van der Waals surface area contributed by atoms with E-state index in [1.807, 2.05) is 6.92 Å².